The molecule has 4 rings (SSSR count). The molecule has 0 unspecified atom stereocenters. The predicted octanol–water partition coefficient (Wildman–Crippen LogP) is 4.85. The van der Waals surface area contributed by atoms with E-state index in [0.29, 0.717) is 17.7 Å². The number of nitrogens with one attached hydrogen (secondary N) is 1. The molecule has 6 nitrogen and oxygen atoms in total. The number of benzene rings is 2. The molecule has 2 aromatic heterocycles. The first kappa shape index (κ1) is 21.6. The number of hydrogen-bond donors (Lipinski definition) is 1. The lowest BCUT2D eigenvalue weighted by molar-refractivity contribution is 0.584. The van der Waals surface area contributed by atoms with Gasteiger partial charge in [-0.25, -0.2) is 21.6 Å². The van der Waals surface area contributed by atoms with Crippen LogP contribution < -0.4 is 4.72 Å². The average molecular weight is 458 g/mol. The topological polar surface area (TPSA) is 76.9 Å². The molecule has 164 valence electrons. The molecule has 0 saturated heterocycles. The molecule has 32 heavy (non-hydrogen) atoms. The van der Waals surface area contributed by atoms with Crippen LogP contribution in [-0.4, -0.2) is 23.2 Å². The summed E-state index contributed by atoms with van der Waals surface area (Å²) in [6, 6.07) is 9.53. The zero-order chi connectivity index (χ0) is 22.9. The van der Waals surface area contributed by atoms with Crippen LogP contribution in [0.3, 0.4) is 0 Å². The van der Waals surface area contributed by atoms with Crippen LogP contribution in [0.5, 0.6) is 0 Å². The quantitative estimate of drug-likeness (QED) is 0.448. The highest BCUT2D eigenvalue weighted by Gasteiger charge is 2.25. The van der Waals surface area contributed by atoms with E-state index in [1.54, 1.807) is 30.7 Å². The van der Waals surface area contributed by atoms with Gasteiger partial charge in [0.15, 0.2) is 5.82 Å². The van der Waals surface area contributed by atoms with Gasteiger partial charge in [-0.15, -0.1) is 0 Å². The summed E-state index contributed by atoms with van der Waals surface area (Å²) in [5.74, 6) is -2.81. The van der Waals surface area contributed by atoms with Crippen molar-refractivity contribution in [3.63, 3.8) is 0 Å². The number of nitrogens with zero attached hydrogens (tertiary/aromatic N) is 3. The maximum Gasteiger partial charge on any atom is 0.262 e. The van der Waals surface area contributed by atoms with Crippen LogP contribution in [0.2, 0.25) is 0 Å². The van der Waals surface area contributed by atoms with E-state index < -0.39 is 43.6 Å². The molecule has 0 amide bonds. The summed E-state index contributed by atoms with van der Waals surface area (Å²) in [6.45, 7) is 2.27. The first-order chi connectivity index (χ1) is 15.3. The van der Waals surface area contributed by atoms with Crippen molar-refractivity contribution in [2.24, 2.45) is 0 Å². The first-order valence-electron chi connectivity index (χ1n) is 9.54. The summed E-state index contributed by atoms with van der Waals surface area (Å²) in [4.78, 5) is 3.55. The Hall–Kier alpha value is -3.66. The average Bonchev–Trinajstić information content (AvgIpc) is 3.20. The van der Waals surface area contributed by atoms with Gasteiger partial charge >= 0.3 is 0 Å². The number of halogens is 3. The molecular formula is C22H17F3N4O2S. The lowest BCUT2D eigenvalue weighted by atomic mass is 10.0. The van der Waals surface area contributed by atoms with Gasteiger partial charge < -0.3 is 0 Å². The third-order valence-electron chi connectivity index (χ3n) is 4.76. The van der Waals surface area contributed by atoms with Crippen molar-refractivity contribution in [3.8, 4) is 22.4 Å². The zero-order valence-corrected chi connectivity index (χ0v) is 17.6. The Balaban J connectivity index is 1.83. The Labute approximate surface area is 182 Å². The second kappa shape index (κ2) is 8.46. The predicted molar refractivity (Wildman–Crippen MR) is 114 cm³/mol. The van der Waals surface area contributed by atoms with Crippen LogP contribution >= 0.6 is 0 Å². The third-order valence-corrected chi connectivity index (χ3v) is 6.12. The minimum atomic E-state index is -4.32. The van der Waals surface area contributed by atoms with Crippen LogP contribution in [0, 0.1) is 17.5 Å². The van der Waals surface area contributed by atoms with Gasteiger partial charge in [-0.3, -0.25) is 14.4 Å². The highest BCUT2D eigenvalue weighted by molar-refractivity contribution is 7.92. The zero-order valence-electron chi connectivity index (χ0n) is 16.8. The Morgan fingerprint density at radius 3 is 2.47 bits per heavy atom. The molecule has 0 saturated carbocycles. The van der Waals surface area contributed by atoms with E-state index >= 15 is 4.39 Å². The molecule has 2 aromatic carbocycles. The van der Waals surface area contributed by atoms with Crippen LogP contribution in [0.15, 0.2) is 72.0 Å². The summed E-state index contributed by atoms with van der Waals surface area (Å²) >= 11 is 0. The third kappa shape index (κ3) is 4.09. The maximum absolute atomic E-state index is 15.5. The summed E-state index contributed by atoms with van der Waals surface area (Å²) in [5, 5.41) is 4.29. The van der Waals surface area contributed by atoms with Gasteiger partial charge in [0.1, 0.15) is 17.3 Å². The fourth-order valence-corrected chi connectivity index (χ4v) is 4.29. The SMILES string of the molecule is CCn1cc(-c2ccncc2)c(-c2c(F)ccc(NS(=O)(=O)c3cccc(F)c3)c2F)n1. The van der Waals surface area contributed by atoms with E-state index in [1.807, 2.05) is 6.92 Å². The van der Waals surface area contributed by atoms with Crippen LogP contribution in [0.4, 0.5) is 18.9 Å². The minimum absolute atomic E-state index is 0.0138. The van der Waals surface area contributed by atoms with E-state index in [2.05, 4.69) is 14.8 Å². The van der Waals surface area contributed by atoms with Crippen molar-refractivity contribution in [3.05, 3.63) is 84.6 Å². The molecule has 1 N–H and O–H groups in total. The summed E-state index contributed by atoms with van der Waals surface area (Å²) < 4.78 is 72.5. The number of aromatic nitrogens is 3. The second-order valence-electron chi connectivity index (χ2n) is 6.83. The lowest BCUT2D eigenvalue weighted by Gasteiger charge is -2.12. The molecule has 4 aromatic rings. The molecule has 10 heteroatoms. The van der Waals surface area contributed by atoms with Crippen LogP contribution in [0.1, 0.15) is 6.92 Å². The fraction of sp³-hybridized carbons (Fsp3) is 0.0909. The highest BCUT2D eigenvalue weighted by atomic mass is 32.2. The van der Waals surface area contributed by atoms with Gasteiger partial charge in [-0.1, -0.05) is 6.07 Å². The van der Waals surface area contributed by atoms with Crippen molar-refractivity contribution in [1.82, 2.24) is 14.8 Å². The molecule has 0 fully saturated rings. The molecule has 0 aliphatic carbocycles. The van der Waals surface area contributed by atoms with Crippen molar-refractivity contribution >= 4 is 15.7 Å². The van der Waals surface area contributed by atoms with Crippen molar-refractivity contribution in [2.75, 3.05) is 4.72 Å². The van der Waals surface area contributed by atoms with Crippen LogP contribution in [-0.2, 0) is 16.6 Å². The first-order valence-corrected chi connectivity index (χ1v) is 11.0. The van der Waals surface area contributed by atoms with E-state index in [9.17, 15) is 17.2 Å². The van der Waals surface area contributed by atoms with Crippen molar-refractivity contribution in [2.45, 2.75) is 18.4 Å². The molecule has 0 radical (unpaired) electrons. The minimum Gasteiger partial charge on any atom is -0.277 e. The van der Waals surface area contributed by atoms with E-state index in [0.717, 1.165) is 30.3 Å². The van der Waals surface area contributed by atoms with Gasteiger partial charge in [0.2, 0.25) is 0 Å². The van der Waals surface area contributed by atoms with Gasteiger partial charge in [0.25, 0.3) is 10.0 Å². The van der Waals surface area contributed by atoms with Gasteiger partial charge in [-0.2, -0.15) is 5.10 Å². The smallest absolute Gasteiger partial charge is 0.262 e. The second-order valence-corrected chi connectivity index (χ2v) is 8.51. The highest BCUT2D eigenvalue weighted by Crippen LogP contribution is 2.37. The Bertz CT molecular complexity index is 1390. The van der Waals surface area contributed by atoms with Gasteiger partial charge in [0, 0.05) is 30.7 Å². The summed E-state index contributed by atoms with van der Waals surface area (Å²) in [7, 11) is -4.32. The number of hydrogen-bond acceptors (Lipinski definition) is 4. The monoisotopic (exact) mass is 458 g/mol. The van der Waals surface area contributed by atoms with E-state index in [1.165, 1.54) is 10.7 Å². The molecule has 0 bridgehead atoms. The van der Waals surface area contributed by atoms with Crippen LogP contribution in [0.25, 0.3) is 22.4 Å². The standard InChI is InChI=1S/C22H17F3N4O2S/c1-2-29-13-17(14-8-10-26-11-9-14)22(27-29)20-18(24)6-7-19(21(20)25)28-32(30,31)16-5-3-4-15(23)12-16/h3-13,28H,2H2,1H3. The van der Waals surface area contributed by atoms with Gasteiger partial charge in [0.05, 0.1) is 16.1 Å². The Kier molecular flexibility index (Phi) is 5.70. The number of anilines is 1. The fourth-order valence-electron chi connectivity index (χ4n) is 3.20. The van der Waals surface area contributed by atoms with Gasteiger partial charge in [-0.05, 0) is 55.0 Å². The molecule has 0 spiro atoms. The lowest BCUT2D eigenvalue weighted by Crippen LogP contribution is -2.15. The number of sulfonamides is 1. The van der Waals surface area contributed by atoms with Crippen molar-refractivity contribution < 1.29 is 21.6 Å². The summed E-state index contributed by atoms with van der Waals surface area (Å²) in [6.07, 6.45) is 4.73. The van der Waals surface area contributed by atoms with E-state index in [4.69, 9.17) is 0 Å². The number of pyridine rings is 1. The number of rotatable bonds is 6. The maximum atomic E-state index is 15.5. The largest absolute Gasteiger partial charge is 0.277 e. The normalized spacial score (nSPS) is 11.5. The summed E-state index contributed by atoms with van der Waals surface area (Å²) in [5.41, 5.74) is 0.136. The van der Waals surface area contributed by atoms with Crippen molar-refractivity contribution in [1.29, 1.82) is 0 Å². The molecular weight excluding hydrogens is 441 g/mol. The number of aryl methyl sites for hydroxylation is 1. The Morgan fingerprint density at radius 1 is 1.03 bits per heavy atom. The molecule has 0 atom stereocenters. The molecule has 0 aliphatic rings. The molecule has 0 aliphatic heterocycles. The molecule has 2 heterocycles. The Morgan fingerprint density at radius 2 is 1.78 bits per heavy atom. The van der Waals surface area contributed by atoms with E-state index in [-0.39, 0.29) is 5.69 Å².